The zero-order chi connectivity index (χ0) is 19.3. The molecule has 1 saturated heterocycles. The quantitative estimate of drug-likeness (QED) is 0.723. The van der Waals surface area contributed by atoms with Gasteiger partial charge in [0.2, 0.25) is 5.91 Å². The third kappa shape index (κ3) is 4.62. The molecule has 0 spiro atoms. The third-order valence-electron chi connectivity index (χ3n) is 5.11. The zero-order valence-corrected chi connectivity index (χ0v) is 17.0. The molecule has 0 N–H and O–H groups in total. The number of piperazine rings is 1. The smallest absolute Gasteiger partial charge is 0.235 e. The van der Waals surface area contributed by atoms with Gasteiger partial charge in [0.1, 0.15) is 13.2 Å². The molecule has 0 radical (unpaired) electrons. The summed E-state index contributed by atoms with van der Waals surface area (Å²) in [5, 5.41) is -0.122. The van der Waals surface area contributed by atoms with Crippen molar-refractivity contribution in [3.8, 4) is 11.5 Å². The van der Waals surface area contributed by atoms with Crippen molar-refractivity contribution >= 4 is 17.7 Å². The fraction of sp³-hybridized carbons (Fsp3) is 0.409. The Morgan fingerprint density at radius 1 is 1.00 bits per heavy atom. The fourth-order valence-electron chi connectivity index (χ4n) is 3.58. The van der Waals surface area contributed by atoms with Gasteiger partial charge in [-0.1, -0.05) is 30.3 Å². The second-order valence-electron chi connectivity index (χ2n) is 7.15. The van der Waals surface area contributed by atoms with Crippen LogP contribution in [0.15, 0.2) is 53.4 Å². The minimum absolute atomic E-state index is 0.122. The fourth-order valence-corrected chi connectivity index (χ4v) is 4.56. The maximum absolute atomic E-state index is 12.9. The third-order valence-corrected chi connectivity index (χ3v) is 6.19. The van der Waals surface area contributed by atoms with Gasteiger partial charge in [0, 0.05) is 37.6 Å². The predicted octanol–water partition coefficient (Wildman–Crippen LogP) is 3.28. The lowest BCUT2D eigenvalue weighted by Crippen LogP contribution is -2.50. The minimum Gasteiger partial charge on any atom is -0.486 e. The maximum Gasteiger partial charge on any atom is 0.235 e. The average molecular weight is 399 g/mol. The summed E-state index contributed by atoms with van der Waals surface area (Å²) in [5.74, 6) is 1.76. The van der Waals surface area contributed by atoms with Gasteiger partial charge in [0.25, 0.3) is 0 Å². The Balaban J connectivity index is 1.29. The van der Waals surface area contributed by atoms with Crippen molar-refractivity contribution in [1.29, 1.82) is 0 Å². The molecule has 0 saturated carbocycles. The number of fused-ring (bicyclic) bond motifs is 1. The Kier molecular flexibility index (Phi) is 6.07. The molecule has 1 amide bonds. The van der Waals surface area contributed by atoms with Crippen LogP contribution in [0, 0.1) is 0 Å². The van der Waals surface area contributed by atoms with E-state index < -0.39 is 0 Å². The van der Waals surface area contributed by atoms with E-state index in [4.69, 9.17) is 9.47 Å². The molecule has 28 heavy (non-hydrogen) atoms. The van der Waals surface area contributed by atoms with E-state index in [0.717, 1.165) is 49.1 Å². The summed E-state index contributed by atoms with van der Waals surface area (Å²) < 4.78 is 11.2. The summed E-state index contributed by atoms with van der Waals surface area (Å²) >= 11 is 1.58. The highest BCUT2D eigenvalue weighted by Gasteiger charge is 2.26. The molecule has 2 aliphatic rings. The van der Waals surface area contributed by atoms with E-state index in [2.05, 4.69) is 29.2 Å². The van der Waals surface area contributed by atoms with Crippen LogP contribution in [0.1, 0.15) is 12.5 Å². The summed E-state index contributed by atoms with van der Waals surface area (Å²) in [6, 6.07) is 16.4. The number of carbonyl (C=O) groups is 1. The number of hydrogen-bond acceptors (Lipinski definition) is 5. The van der Waals surface area contributed by atoms with E-state index in [1.165, 1.54) is 5.56 Å². The Morgan fingerprint density at radius 3 is 2.46 bits per heavy atom. The van der Waals surface area contributed by atoms with Gasteiger partial charge in [-0.25, -0.2) is 0 Å². The lowest BCUT2D eigenvalue weighted by Gasteiger charge is -2.36. The molecule has 2 aromatic carbocycles. The van der Waals surface area contributed by atoms with E-state index in [-0.39, 0.29) is 11.2 Å². The molecule has 2 aromatic rings. The van der Waals surface area contributed by atoms with Crippen molar-refractivity contribution in [2.75, 3.05) is 39.4 Å². The molecule has 0 unspecified atom stereocenters. The molecule has 0 aromatic heterocycles. The van der Waals surface area contributed by atoms with Crippen LogP contribution < -0.4 is 9.47 Å². The molecular formula is C22H26N2O3S. The van der Waals surface area contributed by atoms with Gasteiger partial charge in [0.15, 0.2) is 11.5 Å². The largest absolute Gasteiger partial charge is 0.486 e. The summed E-state index contributed by atoms with van der Waals surface area (Å²) in [7, 11) is 0. The van der Waals surface area contributed by atoms with Crippen molar-refractivity contribution in [1.82, 2.24) is 9.80 Å². The van der Waals surface area contributed by atoms with Crippen LogP contribution in [0.4, 0.5) is 0 Å². The number of rotatable bonds is 5. The molecule has 148 valence electrons. The van der Waals surface area contributed by atoms with Crippen LogP contribution in [0.25, 0.3) is 0 Å². The van der Waals surface area contributed by atoms with Gasteiger partial charge in [-0.3, -0.25) is 9.69 Å². The van der Waals surface area contributed by atoms with Crippen molar-refractivity contribution in [3.05, 3.63) is 54.1 Å². The second-order valence-corrected chi connectivity index (χ2v) is 8.57. The first-order valence-electron chi connectivity index (χ1n) is 9.80. The standard InChI is InChI=1S/C22H26N2O3S/c1-17(28-19-7-8-20-21(15-19)27-14-13-26-20)22(25)24-11-9-23(10-12-24)16-18-5-3-2-4-6-18/h2-8,15,17H,9-14,16H2,1H3/t17-/m1/s1. The molecule has 6 heteroatoms. The lowest BCUT2D eigenvalue weighted by molar-refractivity contribution is -0.132. The first-order valence-corrected chi connectivity index (χ1v) is 10.7. The first-order chi connectivity index (χ1) is 13.7. The molecule has 2 heterocycles. The normalized spacial score (nSPS) is 18.0. The number of amides is 1. The van der Waals surface area contributed by atoms with Crippen LogP contribution in [0.2, 0.25) is 0 Å². The predicted molar refractivity (Wildman–Crippen MR) is 111 cm³/mol. The zero-order valence-electron chi connectivity index (χ0n) is 16.2. The topological polar surface area (TPSA) is 42.0 Å². The maximum atomic E-state index is 12.9. The van der Waals surface area contributed by atoms with Gasteiger partial charge < -0.3 is 14.4 Å². The minimum atomic E-state index is -0.122. The summed E-state index contributed by atoms with van der Waals surface area (Å²) in [4.78, 5) is 18.3. The summed E-state index contributed by atoms with van der Waals surface area (Å²) in [6.07, 6.45) is 0. The Hall–Kier alpha value is -2.18. The number of hydrogen-bond donors (Lipinski definition) is 0. The number of ether oxygens (including phenoxy) is 2. The molecule has 1 fully saturated rings. The van der Waals surface area contributed by atoms with Gasteiger partial charge in [-0.2, -0.15) is 0 Å². The highest BCUT2D eigenvalue weighted by atomic mass is 32.2. The SMILES string of the molecule is C[C@@H](Sc1ccc2c(c1)OCCO2)C(=O)N1CCN(Cc2ccccc2)CC1. The van der Waals surface area contributed by atoms with E-state index in [1.807, 2.05) is 36.1 Å². The van der Waals surface area contributed by atoms with Crippen molar-refractivity contribution in [3.63, 3.8) is 0 Å². The number of carbonyl (C=O) groups excluding carboxylic acids is 1. The number of nitrogens with zero attached hydrogens (tertiary/aromatic N) is 2. The van der Waals surface area contributed by atoms with Crippen LogP contribution in [0.5, 0.6) is 11.5 Å². The average Bonchev–Trinajstić information content (AvgIpc) is 2.74. The monoisotopic (exact) mass is 398 g/mol. The van der Waals surface area contributed by atoms with Crippen molar-refractivity contribution < 1.29 is 14.3 Å². The first kappa shape index (κ1) is 19.2. The molecule has 2 aliphatic heterocycles. The molecule has 4 rings (SSSR count). The van der Waals surface area contributed by atoms with Gasteiger partial charge in [-0.05, 0) is 30.7 Å². The van der Waals surface area contributed by atoms with E-state index in [0.29, 0.717) is 13.2 Å². The lowest BCUT2D eigenvalue weighted by atomic mass is 10.2. The van der Waals surface area contributed by atoms with Crippen LogP contribution in [0.3, 0.4) is 0 Å². The van der Waals surface area contributed by atoms with Gasteiger partial charge >= 0.3 is 0 Å². The summed E-state index contributed by atoms with van der Waals surface area (Å²) in [5.41, 5.74) is 1.32. The molecule has 0 aliphatic carbocycles. The second kappa shape index (κ2) is 8.88. The highest BCUT2D eigenvalue weighted by Crippen LogP contribution is 2.35. The van der Waals surface area contributed by atoms with Crippen LogP contribution in [-0.4, -0.2) is 60.3 Å². The summed E-state index contributed by atoms with van der Waals surface area (Å²) in [6.45, 7) is 7.51. The van der Waals surface area contributed by atoms with E-state index >= 15 is 0 Å². The number of benzene rings is 2. The van der Waals surface area contributed by atoms with E-state index in [1.54, 1.807) is 11.8 Å². The Labute approximate surface area is 170 Å². The number of thioether (sulfide) groups is 1. The van der Waals surface area contributed by atoms with Crippen molar-refractivity contribution in [2.45, 2.75) is 23.6 Å². The van der Waals surface area contributed by atoms with E-state index in [9.17, 15) is 4.79 Å². The molecule has 0 bridgehead atoms. The van der Waals surface area contributed by atoms with Gasteiger partial charge in [0.05, 0.1) is 5.25 Å². The Morgan fingerprint density at radius 2 is 1.71 bits per heavy atom. The molecular weight excluding hydrogens is 372 g/mol. The Bertz CT molecular complexity index is 807. The van der Waals surface area contributed by atoms with Crippen LogP contribution >= 0.6 is 11.8 Å². The molecule has 1 atom stereocenters. The van der Waals surface area contributed by atoms with Crippen LogP contribution in [-0.2, 0) is 11.3 Å². The highest BCUT2D eigenvalue weighted by molar-refractivity contribution is 8.00. The molecule has 5 nitrogen and oxygen atoms in total. The van der Waals surface area contributed by atoms with Crippen molar-refractivity contribution in [2.24, 2.45) is 0 Å². The van der Waals surface area contributed by atoms with Gasteiger partial charge in [-0.15, -0.1) is 11.8 Å².